The number of benzene rings is 4. The molecule has 0 bridgehead atoms. The zero-order valence-electron chi connectivity index (χ0n) is 27.7. The number of halogens is 1. The van der Waals surface area contributed by atoms with Gasteiger partial charge in [-0.3, -0.25) is 14.9 Å². The van der Waals surface area contributed by atoms with Crippen molar-refractivity contribution >= 4 is 51.2 Å². The quantitative estimate of drug-likeness (QED) is 0.146. The van der Waals surface area contributed by atoms with E-state index < -0.39 is 17.8 Å². The Kier molecular flexibility index (Phi) is 9.03. The highest BCUT2D eigenvalue weighted by Gasteiger charge is 2.40. The van der Waals surface area contributed by atoms with Gasteiger partial charge in [-0.25, -0.2) is 9.69 Å². The molecule has 0 aliphatic carbocycles. The first kappa shape index (κ1) is 32.6. The number of urea groups is 1. The number of carbonyl (C=O) groups is 3. The summed E-state index contributed by atoms with van der Waals surface area (Å²) in [5.41, 5.74) is 6.56. The zero-order valence-corrected chi connectivity index (χ0v) is 29.3. The molecule has 1 saturated heterocycles. The van der Waals surface area contributed by atoms with Gasteiger partial charge in [-0.15, -0.1) is 0 Å². The Morgan fingerprint density at radius 3 is 2.02 bits per heavy atom. The van der Waals surface area contributed by atoms with E-state index in [1.807, 2.05) is 69.3 Å². The van der Waals surface area contributed by atoms with E-state index in [0.29, 0.717) is 33.8 Å². The van der Waals surface area contributed by atoms with Crippen molar-refractivity contribution in [3.05, 3.63) is 123 Å². The van der Waals surface area contributed by atoms with Gasteiger partial charge >= 0.3 is 6.03 Å². The molecule has 3 heterocycles. The summed E-state index contributed by atoms with van der Waals surface area (Å²) >= 11 is 3.57. The van der Waals surface area contributed by atoms with E-state index >= 15 is 0 Å². The Morgan fingerprint density at radius 2 is 1.47 bits per heavy atom. The van der Waals surface area contributed by atoms with Crippen LogP contribution < -0.4 is 24.6 Å². The summed E-state index contributed by atoms with van der Waals surface area (Å²) in [6.07, 6.45) is 3.22. The molecule has 2 atom stereocenters. The van der Waals surface area contributed by atoms with Crippen LogP contribution in [0.2, 0.25) is 0 Å². The zero-order chi connectivity index (χ0) is 34.2. The molecule has 0 unspecified atom stereocenters. The van der Waals surface area contributed by atoms with Gasteiger partial charge in [-0.05, 0) is 108 Å². The number of amides is 4. The average Bonchev–Trinajstić information content (AvgIpc) is 3.09. The normalized spacial score (nSPS) is 19.6. The van der Waals surface area contributed by atoms with Crippen LogP contribution in [0.5, 0.6) is 11.5 Å². The van der Waals surface area contributed by atoms with E-state index in [2.05, 4.69) is 50.4 Å². The second-order valence-corrected chi connectivity index (χ2v) is 13.7. The molecule has 1 fully saturated rings. The lowest BCUT2D eigenvalue weighted by molar-refractivity contribution is -0.122. The van der Waals surface area contributed by atoms with Crippen molar-refractivity contribution in [2.75, 3.05) is 29.5 Å². The molecule has 0 saturated carbocycles. The minimum Gasteiger partial charge on any atom is -0.490 e. The third-order valence-electron chi connectivity index (χ3n) is 9.36. The number of rotatable bonds is 8. The fourth-order valence-electron chi connectivity index (χ4n) is 7.31. The number of nitrogens with zero attached hydrogens (tertiary/aromatic N) is 2. The lowest BCUT2D eigenvalue weighted by atomic mass is 9.76. The number of anilines is 2. The molecule has 3 aliphatic rings. The Morgan fingerprint density at radius 1 is 0.878 bits per heavy atom. The van der Waals surface area contributed by atoms with Gasteiger partial charge in [-0.1, -0.05) is 60.7 Å². The van der Waals surface area contributed by atoms with Gasteiger partial charge in [0.1, 0.15) is 5.57 Å². The van der Waals surface area contributed by atoms with Gasteiger partial charge in [0.2, 0.25) is 0 Å². The maximum Gasteiger partial charge on any atom is 0.335 e. The maximum absolute atomic E-state index is 14.3. The molecule has 8 nitrogen and oxygen atoms in total. The van der Waals surface area contributed by atoms with Crippen LogP contribution in [0.25, 0.3) is 6.08 Å². The second-order valence-electron chi connectivity index (χ2n) is 12.9. The average molecular weight is 721 g/mol. The smallest absolute Gasteiger partial charge is 0.335 e. The molecule has 9 heteroatoms. The number of ether oxygens (including phenoxy) is 2. The SMILES string of the molecule is CCOc1cc(/C=C2\C(=O)NC(=O)N(c3cc4c5c(c3)[C@H](c3ccccc3)CCN5CC[C@@H]4c3ccccc3)C2=O)cc(Br)c1OC(C)C. The number of hydrogen-bond donors (Lipinski definition) is 1. The molecule has 250 valence electrons. The summed E-state index contributed by atoms with van der Waals surface area (Å²) in [6, 6.07) is 27.4. The van der Waals surface area contributed by atoms with E-state index in [1.165, 1.54) is 22.9 Å². The van der Waals surface area contributed by atoms with Gasteiger partial charge in [0.15, 0.2) is 11.5 Å². The number of hydrogen-bond acceptors (Lipinski definition) is 6. The number of barbiturate groups is 1. The first-order valence-corrected chi connectivity index (χ1v) is 17.6. The van der Waals surface area contributed by atoms with E-state index in [4.69, 9.17) is 9.47 Å². The van der Waals surface area contributed by atoms with E-state index in [1.54, 1.807) is 12.1 Å². The van der Waals surface area contributed by atoms with Crippen molar-refractivity contribution in [3.63, 3.8) is 0 Å². The fraction of sp³-hybridized carbons (Fsp3) is 0.275. The molecular weight excluding hydrogens is 682 g/mol. The predicted molar refractivity (Wildman–Crippen MR) is 195 cm³/mol. The van der Waals surface area contributed by atoms with Crippen LogP contribution in [0.1, 0.15) is 73.3 Å². The molecule has 0 radical (unpaired) electrons. The Balaban J connectivity index is 1.35. The van der Waals surface area contributed by atoms with Crippen molar-refractivity contribution in [1.82, 2.24) is 5.32 Å². The highest BCUT2D eigenvalue weighted by atomic mass is 79.9. The molecule has 4 amide bonds. The Labute approximate surface area is 294 Å². The summed E-state index contributed by atoms with van der Waals surface area (Å²) in [6.45, 7) is 7.96. The first-order chi connectivity index (χ1) is 23.7. The molecule has 49 heavy (non-hydrogen) atoms. The third-order valence-corrected chi connectivity index (χ3v) is 9.95. The van der Waals surface area contributed by atoms with Gasteiger partial charge in [0.05, 0.1) is 22.9 Å². The summed E-state index contributed by atoms with van der Waals surface area (Å²) < 4.78 is 12.4. The number of imide groups is 2. The lowest BCUT2D eigenvalue weighted by Crippen LogP contribution is -2.54. The highest BCUT2D eigenvalue weighted by Crippen LogP contribution is 2.50. The first-order valence-electron chi connectivity index (χ1n) is 16.8. The lowest BCUT2D eigenvalue weighted by Gasteiger charge is -2.44. The summed E-state index contributed by atoms with van der Waals surface area (Å²) in [4.78, 5) is 44.7. The summed E-state index contributed by atoms with van der Waals surface area (Å²) in [7, 11) is 0. The number of carbonyl (C=O) groups excluding carboxylic acids is 3. The highest BCUT2D eigenvalue weighted by molar-refractivity contribution is 9.10. The largest absolute Gasteiger partial charge is 0.490 e. The Bertz CT molecular complexity index is 1890. The molecule has 3 aliphatic heterocycles. The fourth-order valence-corrected chi connectivity index (χ4v) is 7.86. The topological polar surface area (TPSA) is 88.2 Å². The van der Waals surface area contributed by atoms with Crippen LogP contribution in [0.15, 0.2) is 95.0 Å². The van der Waals surface area contributed by atoms with Crippen LogP contribution in [0.4, 0.5) is 16.2 Å². The monoisotopic (exact) mass is 719 g/mol. The minimum absolute atomic E-state index is 0.0844. The second kappa shape index (κ2) is 13.6. The van der Waals surface area contributed by atoms with Crippen molar-refractivity contribution < 1.29 is 23.9 Å². The van der Waals surface area contributed by atoms with Gasteiger partial charge in [0.25, 0.3) is 11.8 Å². The maximum atomic E-state index is 14.3. The predicted octanol–water partition coefficient (Wildman–Crippen LogP) is 8.18. The molecule has 1 N–H and O–H groups in total. The van der Waals surface area contributed by atoms with Gasteiger partial charge in [-0.2, -0.15) is 0 Å². The molecule has 4 aromatic carbocycles. The van der Waals surface area contributed by atoms with Crippen molar-refractivity contribution in [2.45, 2.75) is 51.6 Å². The van der Waals surface area contributed by atoms with Crippen molar-refractivity contribution in [2.24, 2.45) is 0 Å². The van der Waals surface area contributed by atoms with Crippen molar-refractivity contribution in [1.29, 1.82) is 0 Å². The van der Waals surface area contributed by atoms with Crippen molar-refractivity contribution in [3.8, 4) is 11.5 Å². The van der Waals surface area contributed by atoms with Crippen LogP contribution in [-0.4, -0.2) is 43.6 Å². The molecule has 4 aromatic rings. The molecule has 0 aromatic heterocycles. The van der Waals surface area contributed by atoms with Crippen LogP contribution in [-0.2, 0) is 9.59 Å². The molecule has 7 rings (SSSR count). The number of nitrogens with one attached hydrogen (secondary N) is 1. The van der Waals surface area contributed by atoms with Crippen LogP contribution in [0.3, 0.4) is 0 Å². The van der Waals surface area contributed by atoms with E-state index in [9.17, 15) is 14.4 Å². The van der Waals surface area contributed by atoms with Crippen LogP contribution in [0, 0.1) is 0 Å². The van der Waals surface area contributed by atoms with E-state index in [-0.39, 0.29) is 23.5 Å². The van der Waals surface area contributed by atoms with Gasteiger partial charge in [0, 0.05) is 30.6 Å². The summed E-state index contributed by atoms with van der Waals surface area (Å²) in [5.74, 6) is -0.256. The Hall–Kier alpha value is -4.89. The van der Waals surface area contributed by atoms with Gasteiger partial charge < -0.3 is 14.4 Å². The van der Waals surface area contributed by atoms with E-state index in [0.717, 1.165) is 42.0 Å². The summed E-state index contributed by atoms with van der Waals surface area (Å²) in [5, 5.41) is 2.43. The molecule has 0 spiro atoms. The minimum atomic E-state index is -0.771. The third kappa shape index (κ3) is 6.23. The van der Waals surface area contributed by atoms with Crippen LogP contribution >= 0.6 is 15.9 Å². The standard InChI is InChI=1S/C40H38BrN3O5/c1-4-48-35-21-25(20-34(41)37(35)49-24(2)3)19-33-38(45)42-40(47)44(39(33)46)28-22-31-29(26-11-7-5-8-12-26)15-17-43-18-16-30(32(23-28)36(31)43)27-13-9-6-10-14-27/h5-14,19-24,29-30H,4,15-18H2,1-3H3,(H,42,45,47)/b33-19+/t29-,30+. The molecular formula is C40H38BrN3O5.